The Morgan fingerprint density at radius 3 is 1.82 bits per heavy atom. The van der Waals surface area contributed by atoms with Crippen LogP contribution in [0.2, 0.25) is 0 Å². The van der Waals surface area contributed by atoms with Gasteiger partial charge in [0.25, 0.3) is 5.91 Å². The molecule has 206 valence electrons. The van der Waals surface area contributed by atoms with Gasteiger partial charge >= 0.3 is 11.9 Å². The van der Waals surface area contributed by atoms with Gasteiger partial charge in [-0.05, 0) is 30.4 Å². The zero-order valence-electron chi connectivity index (χ0n) is 20.7. The molecular weight excluding hydrogens is 498 g/mol. The maximum absolute atomic E-state index is 12.9. The van der Waals surface area contributed by atoms with E-state index in [1.807, 2.05) is 12.1 Å². The molecule has 1 amide bonds. The van der Waals surface area contributed by atoms with E-state index < -0.39 is 60.4 Å². The fourth-order valence-corrected chi connectivity index (χ4v) is 4.33. The number of ether oxygens (including phenoxy) is 3. The Balaban J connectivity index is 1.72. The lowest BCUT2D eigenvalue weighted by Crippen LogP contribution is -2.69. The number of nitrogens with two attached hydrogens (primary N) is 1. The molecule has 0 radical (unpaired) electrons. The normalized spacial score (nSPS) is 25.1. The zero-order chi connectivity index (χ0) is 27.7. The fourth-order valence-electron chi connectivity index (χ4n) is 4.33. The predicted molar refractivity (Wildman–Crippen MR) is 132 cm³/mol. The molecule has 1 saturated heterocycles. The Labute approximate surface area is 219 Å². The summed E-state index contributed by atoms with van der Waals surface area (Å²) in [5, 5.41) is 40.3. The summed E-state index contributed by atoms with van der Waals surface area (Å²) in [6.07, 6.45) is -7.32. The fraction of sp³-hybridized carbons (Fsp3) is 0.444. The lowest BCUT2D eigenvalue weighted by molar-refractivity contribution is -0.266. The van der Waals surface area contributed by atoms with Gasteiger partial charge in [0.2, 0.25) is 0 Å². The number of hydrogen-bond acceptors (Lipinski definition) is 10. The van der Waals surface area contributed by atoms with E-state index in [0.29, 0.717) is 11.1 Å². The summed E-state index contributed by atoms with van der Waals surface area (Å²) in [6, 6.07) is 17.7. The van der Waals surface area contributed by atoms with Crippen LogP contribution in [0.1, 0.15) is 30.4 Å². The van der Waals surface area contributed by atoms with Crippen LogP contribution in [0.15, 0.2) is 60.7 Å². The molecule has 11 heteroatoms. The number of benzene rings is 2. The number of aliphatic hydroxyl groups is 4. The molecule has 6 N–H and O–H groups in total. The smallest absolute Gasteiger partial charge is 0.320 e. The van der Waals surface area contributed by atoms with Crippen molar-refractivity contribution in [1.29, 1.82) is 0 Å². The molecule has 2 aromatic rings. The monoisotopic (exact) mass is 531 g/mol. The predicted octanol–water partition coefficient (Wildman–Crippen LogP) is -0.0424. The summed E-state index contributed by atoms with van der Waals surface area (Å²) >= 11 is 0. The van der Waals surface area contributed by atoms with Gasteiger partial charge < -0.3 is 40.4 Å². The molecule has 11 nitrogen and oxygen atoms in total. The van der Waals surface area contributed by atoms with E-state index in [4.69, 9.17) is 19.9 Å². The molecule has 38 heavy (non-hydrogen) atoms. The van der Waals surface area contributed by atoms with Crippen LogP contribution in [0.4, 0.5) is 0 Å². The van der Waals surface area contributed by atoms with E-state index in [0.717, 1.165) is 0 Å². The number of hydrogen-bond donors (Lipinski definition) is 5. The molecule has 3 rings (SSSR count). The molecule has 1 heterocycles. The van der Waals surface area contributed by atoms with Gasteiger partial charge in [0.15, 0.2) is 11.5 Å². The van der Waals surface area contributed by atoms with Crippen molar-refractivity contribution in [3.05, 3.63) is 71.8 Å². The van der Waals surface area contributed by atoms with Gasteiger partial charge in [0.1, 0.15) is 37.6 Å². The van der Waals surface area contributed by atoms with Gasteiger partial charge in [0, 0.05) is 0 Å². The minimum absolute atomic E-state index is 0.0630. The largest absolute Gasteiger partial charge is 0.460 e. The van der Waals surface area contributed by atoms with Gasteiger partial charge in [-0.25, -0.2) is 0 Å². The van der Waals surface area contributed by atoms with Crippen molar-refractivity contribution < 1.29 is 49.0 Å². The molecule has 0 aromatic heterocycles. The van der Waals surface area contributed by atoms with Crippen molar-refractivity contribution >= 4 is 17.8 Å². The van der Waals surface area contributed by atoms with E-state index in [1.54, 1.807) is 48.5 Å². The van der Waals surface area contributed by atoms with Crippen LogP contribution in [0.5, 0.6) is 0 Å². The van der Waals surface area contributed by atoms with Crippen molar-refractivity contribution in [2.75, 3.05) is 6.61 Å². The summed E-state index contributed by atoms with van der Waals surface area (Å²) in [4.78, 5) is 38.2. The lowest BCUT2D eigenvalue weighted by atomic mass is 9.80. The molecule has 2 aromatic carbocycles. The van der Waals surface area contributed by atoms with Crippen molar-refractivity contribution in [2.24, 2.45) is 11.7 Å². The van der Waals surface area contributed by atoms with Gasteiger partial charge in [-0.15, -0.1) is 0 Å². The van der Waals surface area contributed by atoms with E-state index in [1.165, 1.54) is 0 Å². The van der Waals surface area contributed by atoms with E-state index in [2.05, 4.69) is 0 Å². The van der Waals surface area contributed by atoms with Gasteiger partial charge in [-0.3, -0.25) is 14.4 Å². The summed E-state index contributed by atoms with van der Waals surface area (Å²) in [6.45, 7) is -0.894. The topological polar surface area (TPSA) is 186 Å². The van der Waals surface area contributed by atoms with Crippen LogP contribution in [0.3, 0.4) is 0 Å². The molecular formula is C27H33NO10. The standard InChI is InChI=1S/C27H33NO10/c28-26(35)27(23(32)22(31)21(30)20(14-29)38-27)13-7-12-19(24(33)36-15-17-8-3-1-4-9-17)25(34)37-16-18-10-5-2-6-11-18/h1-6,8-11,19-23,29-32H,7,12-16H2,(H2,28,35)/t20-,21+,22+,23-,27+/m1/s1. The highest BCUT2D eigenvalue weighted by atomic mass is 16.6. The van der Waals surface area contributed by atoms with Gasteiger partial charge in [-0.2, -0.15) is 0 Å². The molecule has 1 fully saturated rings. The molecule has 0 unspecified atom stereocenters. The van der Waals surface area contributed by atoms with Crippen LogP contribution in [-0.4, -0.2) is 74.9 Å². The number of aliphatic hydroxyl groups excluding tert-OH is 4. The van der Waals surface area contributed by atoms with Crippen molar-refractivity contribution in [3.8, 4) is 0 Å². The van der Waals surface area contributed by atoms with Gasteiger partial charge in [0.05, 0.1) is 6.61 Å². The first kappa shape index (κ1) is 29.2. The number of rotatable bonds is 12. The quantitative estimate of drug-likeness (QED) is 0.184. The van der Waals surface area contributed by atoms with Crippen LogP contribution >= 0.6 is 0 Å². The van der Waals surface area contributed by atoms with Crippen LogP contribution in [-0.2, 0) is 41.8 Å². The van der Waals surface area contributed by atoms with E-state index in [-0.39, 0.29) is 32.5 Å². The maximum atomic E-state index is 12.9. The number of amides is 1. The molecule has 0 bridgehead atoms. The maximum Gasteiger partial charge on any atom is 0.320 e. The third-order valence-electron chi connectivity index (χ3n) is 6.55. The number of carbonyl (C=O) groups excluding carboxylic acids is 3. The second kappa shape index (κ2) is 13.4. The summed E-state index contributed by atoms with van der Waals surface area (Å²) in [7, 11) is 0. The molecule has 0 spiro atoms. The Morgan fingerprint density at radius 2 is 1.37 bits per heavy atom. The summed E-state index contributed by atoms with van der Waals surface area (Å²) < 4.78 is 16.2. The highest BCUT2D eigenvalue weighted by molar-refractivity contribution is 5.94. The van der Waals surface area contributed by atoms with Crippen molar-refractivity contribution in [1.82, 2.24) is 0 Å². The Morgan fingerprint density at radius 1 is 0.868 bits per heavy atom. The molecule has 0 saturated carbocycles. The average molecular weight is 532 g/mol. The lowest BCUT2D eigenvalue weighted by Gasteiger charge is -2.46. The zero-order valence-corrected chi connectivity index (χ0v) is 20.7. The first-order valence-corrected chi connectivity index (χ1v) is 12.2. The number of esters is 2. The minimum atomic E-state index is -2.17. The summed E-state index contributed by atoms with van der Waals surface area (Å²) in [5.41, 5.74) is 4.76. The highest BCUT2D eigenvalue weighted by Gasteiger charge is 2.56. The molecule has 1 aliphatic heterocycles. The second-order valence-corrected chi connectivity index (χ2v) is 9.15. The number of primary amides is 1. The van der Waals surface area contributed by atoms with Crippen LogP contribution in [0, 0.1) is 5.92 Å². The average Bonchev–Trinajstić information content (AvgIpc) is 2.93. The first-order chi connectivity index (χ1) is 18.2. The first-order valence-electron chi connectivity index (χ1n) is 12.2. The van der Waals surface area contributed by atoms with Gasteiger partial charge in [-0.1, -0.05) is 60.7 Å². The third kappa shape index (κ3) is 6.94. The summed E-state index contributed by atoms with van der Waals surface area (Å²) in [5.74, 6) is -4.18. The van der Waals surface area contributed by atoms with Crippen molar-refractivity contribution in [2.45, 2.75) is 62.5 Å². The Kier molecular flexibility index (Phi) is 10.3. The minimum Gasteiger partial charge on any atom is -0.460 e. The Hall–Kier alpha value is -3.35. The van der Waals surface area contributed by atoms with Crippen LogP contribution < -0.4 is 5.73 Å². The highest BCUT2D eigenvalue weighted by Crippen LogP contribution is 2.35. The van der Waals surface area contributed by atoms with Crippen molar-refractivity contribution in [3.63, 3.8) is 0 Å². The number of carbonyl (C=O) groups is 3. The molecule has 5 atom stereocenters. The molecule has 1 aliphatic rings. The second-order valence-electron chi connectivity index (χ2n) is 9.15. The third-order valence-corrected chi connectivity index (χ3v) is 6.55. The Bertz CT molecular complexity index is 1010. The molecule has 0 aliphatic carbocycles. The van der Waals surface area contributed by atoms with E-state index >= 15 is 0 Å². The SMILES string of the molecule is NC(=O)[C@@]1(CCCC(C(=O)OCc2ccccc2)C(=O)OCc2ccccc2)O[C@H](CO)[C@H](O)[C@H](O)[C@H]1O. The van der Waals surface area contributed by atoms with E-state index in [9.17, 15) is 34.8 Å². The van der Waals surface area contributed by atoms with Crippen LogP contribution in [0.25, 0.3) is 0 Å².